The number of halogens is 4. The first kappa shape index (κ1) is 23.3. The fourth-order valence-corrected chi connectivity index (χ4v) is 4.38. The molecule has 0 spiro atoms. The molecular formula is C22H24F4N8O. The Labute approximate surface area is 197 Å². The third kappa shape index (κ3) is 4.47. The number of hydrogen-bond donors (Lipinski definition) is 1. The Bertz CT molecular complexity index is 1380. The predicted octanol–water partition coefficient (Wildman–Crippen LogP) is 3.40. The van der Waals surface area contributed by atoms with E-state index in [0.717, 1.165) is 18.2 Å². The van der Waals surface area contributed by atoms with Crippen molar-refractivity contribution in [2.24, 2.45) is 0 Å². The molecule has 0 radical (unpaired) electrons. The van der Waals surface area contributed by atoms with Gasteiger partial charge in [-0.25, -0.2) is 26.8 Å². The first-order chi connectivity index (χ1) is 16.6. The number of nitrogens with one attached hydrogen (secondary N) is 1. The van der Waals surface area contributed by atoms with Gasteiger partial charge in [0.15, 0.2) is 5.82 Å². The Balaban J connectivity index is 1.56. The van der Waals surface area contributed by atoms with Crippen molar-refractivity contribution < 1.29 is 22.3 Å². The molecule has 0 aliphatic carbocycles. The molecule has 0 saturated carbocycles. The maximum atomic E-state index is 15.2. The highest BCUT2D eigenvalue weighted by Crippen LogP contribution is 2.35. The zero-order valence-corrected chi connectivity index (χ0v) is 19.3. The molecule has 4 heterocycles. The molecule has 5 rings (SSSR count). The van der Waals surface area contributed by atoms with Gasteiger partial charge < -0.3 is 15.0 Å². The van der Waals surface area contributed by atoms with Crippen molar-refractivity contribution in [1.29, 1.82) is 0 Å². The third-order valence-electron chi connectivity index (χ3n) is 6.04. The summed E-state index contributed by atoms with van der Waals surface area (Å²) in [6.07, 6.45) is 0.615. The van der Waals surface area contributed by atoms with E-state index >= 15 is 4.39 Å². The molecule has 0 unspecified atom stereocenters. The largest absolute Gasteiger partial charge is 0.479 e. The Hall–Kier alpha value is -3.48. The van der Waals surface area contributed by atoms with Crippen LogP contribution in [0.2, 0.25) is 0 Å². The summed E-state index contributed by atoms with van der Waals surface area (Å²) < 4.78 is 64.7. The number of fused-ring (bicyclic) bond motifs is 2. The Morgan fingerprint density at radius 2 is 2.09 bits per heavy atom. The second kappa shape index (κ2) is 8.63. The summed E-state index contributed by atoms with van der Waals surface area (Å²) >= 11 is 0. The minimum absolute atomic E-state index is 0.0801. The minimum Gasteiger partial charge on any atom is -0.479 e. The van der Waals surface area contributed by atoms with Crippen LogP contribution in [0.1, 0.15) is 13.3 Å². The van der Waals surface area contributed by atoms with Gasteiger partial charge in [-0.1, -0.05) is 11.3 Å². The fourth-order valence-electron chi connectivity index (χ4n) is 4.38. The van der Waals surface area contributed by atoms with Crippen LogP contribution in [0.15, 0.2) is 24.4 Å². The van der Waals surface area contributed by atoms with E-state index in [1.54, 1.807) is 12.1 Å². The molecule has 3 aromatic heterocycles. The van der Waals surface area contributed by atoms with Gasteiger partial charge in [-0.15, -0.1) is 10.2 Å². The van der Waals surface area contributed by atoms with E-state index in [9.17, 15) is 13.2 Å². The highest BCUT2D eigenvalue weighted by molar-refractivity contribution is 5.89. The summed E-state index contributed by atoms with van der Waals surface area (Å²) in [4.78, 5) is 6.25. The van der Waals surface area contributed by atoms with Crippen molar-refractivity contribution in [1.82, 2.24) is 34.5 Å². The van der Waals surface area contributed by atoms with Gasteiger partial charge in [0.2, 0.25) is 11.8 Å². The number of likely N-dealkylation sites (tertiary alicyclic amines) is 1. The van der Waals surface area contributed by atoms with Gasteiger partial charge in [-0.3, -0.25) is 0 Å². The van der Waals surface area contributed by atoms with Crippen LogP contribution >= 0.6 is 0 Å². The molecule has 1 saturated heterocycles. The topological polar surface area (TPSA) is 85.4 Å². The van der Waals surface area contributed by atoms with Gasteiger partial charge >= 0.3 is 0 Å². The maximum Gasteiger partial charge on any atom is 0.264 e. The summed E-state index contributed by atoms with van der Waals surface area (Å²) in [7, 11) is 3.24. The molecule has 0 amide bonds. The van der Waals surface area contributed by atoms with E-state index in [-0.39, 0.29) is 29.5 Å². The summed E-state index contributed by atoms with van der Waals surface area (Å²) in [6, 6.07) is 4.24. The lowest BCUT2D eigenvalue weighted by atomic mass is 10.0. The fraction of sp³-hybridized carbons (Fsp3) is 0.455. The Morgan fingerprint density at radius 3 is 2.80 bits per heavy atom. The first-order valence-electron chi connectivity index (χ1n) is 11.1. The lowest BCUT2D eigenvalue weighted by Gasteiger charge is -2.32. The van der Waals surface area contributed by atoms with Crippen molar-refractivity contribution in [2.75, 3.05) is 32.6 Å². The molecule has 1 aromatic carbocycles. The van der Waals surface area contributed by atoms with Crippen molar-refractivity contribution in [2.45, 2.75) is 38.0 Å². The number of piperidine rings is 1. The number of anilines is 1. The molecule has 1 fully saturated rings. The highest BCUT2D eigenvalue weighted by Gasteiger charge is 2.29. The number of rotatable bonds is 6. The van der Waals surface area contributed by atoms with Crippen LogP contribution in [-0.2, 0) is 6.54 Å². The maximum absolute atomic E-state index is 15.2. The SMILES string of the molecule is COc1nc(N[C@@H]2CCN(C)C[C@@H]2F)nn2cc(F)c(-c3ccc4nnn(CC(C)(F)F)c4c3)c12. The van der Waals surface area contributed by atoms with Gasteiger partial charge in [-0.05, 0) is 31.2 Å². The molecule has 35 heavy (non-hydrogen) atoms. The molecule has 4 aromatic rings. The van der Waals surface area contributed by atoms with Crippen molar-refractivity contribution in [3.63, 3.8) is 0 Å². The zero-order chi connectivity index (χ0) is 24.9. The van der Waals surface area contributed by atoms with Crippen LogP contribution in [0, 0.1) is 5.82 Å². The molecule has 1 N–H and O–H groups in total. The smallest absolute Gasteiger partial charge is 0.264 e. The average molecular weight is 492 g/mol. The average Bonchev–Trinajstić information content (AvgIpc) is 3.33. The lowest BCUT2D eigenvalue weighted by Crippen LogP contribution is -2.46. The van der Waals surface area contributed by atoms with Gasteiger partial charge in [0.1, 0.15) is 23.7 Å². The van der Waals surface area contributed by atoms with E-state index in [1.165, 1.54) is 23.9 Å². The Morgan fingerprint density at radius 1 is 1.29 bits per heavy atom. The van der Waals surface area contributed by atoms with Crippen molar-refractivity contribution in [3.05, 3.63) is 30.2 Å². The lowest BCUT2D eigenvalue weighted by molar-refractivity contribution is 0.00130. The number of aromatic nitrogens is 6. The standard InChI is InChI=1S/C22H24F4N8O/c1-22(25,26)11-34-17-8-12(4-5-16(17)29-31-34)18-14(24)10-33-19(18)20(35-3)28-21(30-33)27-15-6-7-32(2)9-13(15)23/h4-5,8,10,13,15H,6-7,9,11H2,1-3H3,(H,27,30)/t13-,15+/m0/s1. The molecule has 2 atom stereocenters. The van der Waals surface area contributed by atoms with Crippen LogP contribution in [0.4, 0.5) is 23.5 Å². The van der Waals surface area contributed by atoms with Gasteiger partial charge in [0.05, 0.1) is 30.4 Å². The minimum atomic E-state index is -3.00. The molecule has 0 bridgehead atoms. The molecule has 1 aliphatic heterocycles. The van der Waals surface area contributed by atoms with Crippen molar-refractivity contribution >= 4 is 22.5 Å². The summed E-state index contributed by atoms with van der Waals surface area (Å²) in [5.41, 5.74) is 1.50. The number of alkyl halides is 3. The normalized spacial score (nSPS) is 19.5. The second-order valence-corrected chi connectivity index (χ2v) is 8.93. The number of benzene rings is 1. The van der Waals surface area contributed by atoms with Crippen LogP contribution in [0.5, 0.6) is 5.88 Å². The first-order valence-corrected chi connectivity index (χ1v) is 11.1. The van der Waals surface area contributed by atoms with E-state index < -0.39 is 30.5 Å². The van der Waals surface area contributed by atoms with Crippen LogP contribution in [-0.4, -0.2) is 79.9 Å². The van der Waals surface area contributed by atoms with Gasteiger partial charge in [0, 0.05) is 20.0 Å². The summed E-state index contributed by atoms with van der Waals surface area (Å²) in [5, 5.41) is 15.0. The predicted molar refractivity (Wildman–Crippen MR) is 121 cm³/mol. The van der Waals surface area contributed by atoms with E-state index in [2.05, 4.69) is 25.7 Å². The Kier molecular flexibility index (Phi) is 5.74. The molecule has 186 valence electrons. The number of nitrogens with zero attached hydrogens (tertiary/aromatic N) is 7. The summed E-state index contributed by atoms with van der Waals surface area (Å²) in [6.45, 7) is 1.13. The molecule has 1 aliphatic rings. The molecule has 13 heteroatoms. The van der Waals surface area contributed by atoms with Crippen LogP contribution in [0.3, 0.4) is 0 Å². The van der Waals surface area contributed by atoms with E-state index in [1.807, 2.05) is 11.9 Å². The van der Waals surface area contributed by atoms with E-state index in [0.29, 0.717) is 23.0 Å². The quantitative estimate of drug-likeness (QED) is 0.413. The molecule has 9 nitrogen and oxygen atoms in total. The summed E-state index contributed by atoms with van der Waals surface area (Å²) in [5.74, 6) is -3.43. The number of hydrogen-bond acceptors (Lipinski definition) is 7. The monoisotopic (exact) mass is 492 g/mol. The molecular weight excluding hydrogens is 468 g/mol. The second-order valence-electron chi connectivity index (χ2n) is 8.93. The van der Waals surface area contributed by atoms with E-state index in [4.69, 9.17) is 4.74 Å². The number of ether oxygens (including phenoxy) is 1. The highest BCUT2D eigenvalue weighted by atomic mass is 19.3. The van der Waals surface area contributed by atoms with Gasteiger partial charge in [0.25, 0.3) is 5.92 Å². The third-order valence-corrected chi connectivity index (χ3v) is 6.04. The van der Waals surface area contributed by atoms with Crippen LogP contribution in [0.25, 0.3) is 27.7 Å². The zero-order valence-electron chi connectivity index (χ0n) is 19.3. The van der Waals surface area contributed by atoms with Gasteiger partial charge in [-0.2, -0.15) is 4.98 Å². The van der Waals surface area contributed by atoms with Crippen molar-refractivity contribution in [3.8, 4) is 17.0 Å². The number of methoxy groups -OCH3 is 1. The van der Waals surface area contributed by atoms with Crippen LogP contribution < -0.4 is 10.1 Å².